The Balaban J connectivity index is 1.84. The van der Waals surface area contributed by atoms with Crippen LogP contribution in [0.4, 0.5) is 0 Å². The number of likely N-dealkylation sites (tertiary alicyclic amines) is 1. The zero-order chi connectivity index (χ0) is 9.10. The van der Waals surface area contributed by atoms with Crippen LogP contribution in [0.2, 0.25) is 0 Å². The highest BCUT2D eigenvalue weighted by Crippen LogP contribution is 2.27. The molecule has 2 heteroatoms. The number of piperidine rings is 2. The Morgan fingerprint density at radius 3 is 3.08 bits per heavy atom. The first-order valence-electron chi connectivity index (χ1n) is 5.83. The van der Waals surface area contributed by atoms with E-state index in [9.17, 15) is 0 Å². The fourth-order valence-corrected chi connectivity index (χ4v) is 2.85. The van der Waals surface area contributed by atoms with Crippen molar-refractivity contribution in [2.75, 3.05) is 32.7 Å². The molecule has 76 valence electrons. The van der Waals surface area contributed by atoms with Gasteiger partial charge in [-0.3, -0.25) is 0 Å². The first-order chi connectivity index (χ1) is 6.40. The quantitative estimate of drug-likeness (QED) is 0.693. The molecule has 2 atom stereocenters. The Bertz CT molecular complexity index is 158. The minimum Gasteiger partial charge on any atom is -0.316 e. The van der Waals surface area contributed by atoms with Gasteiger partial charge in [0.2, 0.25) is 0 Å². The van der Waals surface area contributed by atoms with Crippen molar-refractivity contribution in [2.24, 2.45) is 11.8 Å². The van der Waals surface area contributed by atoms with Gasteiger partial charge in [0.05, 0.1) is 0 Å². The van der Waals surface area contributed by atoms with Crippen LogP contribution in [0.15, 0.2) is 0 Å². The Labute approximate surface area is 81.7 Å². The highest BCUT2D eigenvalue weighted by molar-refractivity contribution is 4.85. The van der Waals surface area contributed by atoms with Gasteiger partial charge in [0, 0.05) is 6.54 Å². The molecule has 0 aromatic rings. The third kappa shape index (κ3) is 2.23. The van der Waals surface area contributed by atoms with E-state index >= 15 is 0 Å². The fraction of sp³-hybridized carbons (Fsp3) is 1.00. The van der Waals surface area contributed by atoms with E-state index in [2.05, 4.69) is 17.1 Å². The van der Waals surface area contributed by atoms with Crippen LogP contribution in [0, 0.1) is 11.8 Å². The lowest BCUT2D eigenvalue weighted by molar-refractivity contribution is 0.0957. The number of nitrogens with zero attached hydrogens (tertiary/aromatic N) is 1. The van der Waals surface area contributed by atoms with Gasteiger partial charge in [-0.2, -0.15) is 0 Å². The molecule has 1 N–H and O–H groups in total. The van der Waals surface area contributed by atoms with E-state index in [1.165, 1.54) is 52.0 Å². The largest absolute Gasteiger partial charge is 0.316 e. The van der Waals surface area contributed by atoms with Crippen molar-refractivity contribution >= 4 is 0 Å². The first kappa shape index (κ1) is 9.47. The van der Waals surface area contributed by atoms with Gasteiger partial charge in [-0.1, -0.05) is 6.92 Å². The van der Waals surface area contributed by atoms with E-state index in [0.717, 1.165) is 11.8 Å². The number of nitrogens with one attached hydrogen (secondary N) is 1. The molecule has 0 aliphatic carbocycles. The minimum absolute atomic E-state index is 0.988. The predicted molar refractivity (Wildman–Crippen MR) is 55.8 cm³/mol. The van der Waals surface area contributed by atoms with E-state index in [4.69, 9.17) is 0 Å². The van der Waals surface area contributed by atoms with Crippen LogP contribution >= 0.6 is 0 Å². The second-order valence-corrected chi connectivity index (χ2v) is 4.60. The summed E-state index contributed by atoms with van der Waals surface area (Å²) >= 11 is 0. The maximum absolute atomic E-state index is 3.51. The van der Waals surface area contributed by atoms with Gasteiger partial charge in [-0.15, -0.1) is 0 Å². The summed E-state index contributed by atoms with van der Waals surface area (Å²) in [5, 5.41) is 3.51. The molecule has 0 spiro atoms. The summed E-state index contributed by atoms with van der Waals surface area (Å²) in [5.74, 6) is 1.99. The van der Waals surface area contributed by atoms with Crippen molar-refractivity contribution in [1.82, 2.24) is 10.2 Å². The molecule has 0 saturated carbocycles. The van der Waals surface area contributed by atoms with Gasteiger partial charge in [-0.25, -0.2) is 0 Å². The summed E-state index contributed by atoms with van der Waals surface area (Å²) in [7, 11) is 0. The van der Waals surface area contributed by atoms with Crippen molar-refractivity contribution in [1.29, 1.82) is 0 Å². The summed E-state index contributed by atoms with van der Waals surface area (Å²) < 4.78 is 0. The summed E-state index contributed by atoms with van der Waals surface area (Å²) in [5.41, 5.74) is 0. The van der Waals surface area contributed by atoms with Crippen LogP contribution < -0.4 is 5.32 Å². The van der Waals surface area contributed by atoms with E-state index in [-0.39, 0.29) is 0 Å². The third-order valence-electron chi connectivity index (χ3n) is 3.61. The molecule has 0 aromatic carbocycles. The first-order valence-corrected chi connectivity index (χ1v) is 5.83. The molecule has 0 amide bonds. The SMILES string of the molecule is CCCN1CCC2CNCCC2C1. The van der Waals surface area contributed by atoms with E-state index in [1.54, 1.807) is 0 Å². The minimum atomic E-state index is 0.988. The van der Waals surface area contributed by atoms with Gasteiger partial charge in [0.25, 0.3) is 0 Å². The standard InChI is InChI=1S/C11H22N2/c1-2-6-13-7-4-10-8-12-5-3-11(10)9-13/h10-12H,2-9H2,1H3. The van der Waals surface area contributed by atoms with Crippen molar-refractivity contribution in [3.63, 3.8) is 0 Å². The molecule has 2 unspecified atom stereocenters. The van der Waals surface area contributed by atoms with Crippen molar-refractivity contribution in [2.45, 2.75) is 26.2 Å². The van der Waals surface area contributed by atoms with Crippen LogP contribution in [0.5, 0.6) is 0 Å². The molecular weight excluding hydrogens is 160 g/mol. The van der Waals surface area contributed by atoms with Crippen molar-refractivity contribution in [3.8, 4) is 0 Å². The summed E-state index contributed by atoms with van der Waals surface area (Å²) in [6, 6.07) is 0. The maximum Gasteiger partial charge on any atom is 0.00133 e. The summed E-state index contributed by atoms with van der Waals surface area (Å²) in [6.07, 6.45) is 4.15. The van der Waals surface area contributed by atoms with Crippen LogP contribution in [0.3, 0.4) is 0 Å². The predicted octanol–water partition coefficient (Wildman–Crippen LogP) is 1.33. The van der Waals surface area contributed by atoms with Crippen LogP contribution in [0.25, 0.3) is 0 Å². The average molecular weight is 182 g/mol. The topological polar surface area (TPSA) is 15.3 Å². The van der Waals surface area contributed by atoms with Crippen LogP contribution in [-0.4, -0.2) is 37.6 Å². The molecule has 2 aliphatic rings. The van der Waals surface area contributed by atoms with Crippen LogP contribution in [-0.2, 0) is 0 Å². The molecule has 2 heterocycles. The number of hydrogen-bond donors (Lipinski definition) is 1. The highest BCUT2D eigenvalue weighted by Gasteiger charge is 2.30. The number of rotatable bonds is 2. The number of hydrogen-bond acceptors (Lipinski definition) is 2. The molecular formula is C11H22N2. The van der Waals surface area contributed by atoms with Gasteiger partial charge in [-0.05, 0) is 57.3 Å². The summed E-state index contributed by atoms with van der Waals surface area (Å²) in [4.78, 5) is 2.66. The van der Waals surface area contributed by atoms with Gasteiger partial charge in [0.1, 0.15) is 0 Å². The normalized spacial score (nSPS) is 35.8. The van der Waals surface area contributed by atoms with Gasteiger partial charge >= 0.3 is 0 Å². The zero-order valence-electron chi connectivity index (χ0n) is 8.76. The van der Waals surface area contributed by atoms with Crippen molar-refractivity contribution in [3.05, 3.63) is 0 Å². The second kappa shape index (κ2) is 4.43. The molecule has 2 saturated heterocycles. The van der Waals surface area contributed by atoms with Crippen LogP contribution in [0.1, 0.15) is 26.2 Å². The Morgan fingerprint density at radius 2 is 2.23 bits per heavy atom. The smallest absolute Gasteiger partial charge is 0.00133 e. The Hall–Kier alpha value is -0.0800. The summed E-state index contributed by atoms with van der Waals surface area (Å²) in [6.45, 7) is 8.85. The molecule has 2 aliphatic heterocycles. The monoisotopic (exact) mass is 182 g/mol. The lowest BCUT2D eigenvalue weighted by Gasteiger charge is -2.41. The fourth-order valence-electron chi connectivity index (χ4n) is 2.85. The lowest BCUT2D eigenvalue weighted by Crippen LogP contribution is -2.48. The Morgan fingerprint density at radius 1 is 1.31 bits per heavy atom. The maximum atomic E-state index is 3.51. The molecule has 2 rings (SSSR count). The Kier molecular flexibility index (Phi) is 3.23. The average Bonchev–Trinajstić information content (AvgIpc) is 2.18. The van der Waals surface area contributed by atoms with E-state index in [0.29, 0.717) is 0 Å². The zero-order valence-corrected chi connectivity index (χ0v) is 8.76. The number of fused-ring (bicyclic) bond motifs is 1. The molecule has 0 radical (unpaired) electrons. The van der Waals surface area contributed by atoms with E-state index < -0.39 is 0 Å². The third-order valence-corrected chi connectivity index (χ3v) is 3.61. The highest BCUT2D eigenvalue weighted by atomic mass is 15.1. The van der Waals surface area contributed by atoms with E-state index in [1.807, 2.05) is 0 Å². The molecule has 2 fully saturated rings. The van der Waals surface area contributed by atoms with Gasteiger partial charge < -0.3 is 10.2 Å². The molecule has 13 heavy (non-hydrogen) atoms. The molecule has 2 nitrogen and oxygen atoms in total. The van der Waals surface area contributed by atoms with Crippen molar-refractivity contribution < 1.29 is 0 Å². The van der Waals surface area contributed by atoms with Gasteiger partial charge in [0.15, 0.2) is 0 Å². The molecule has 0 bridgehead atoms. The molecule has 0 aromatic heterocycles. The second-order valence-electron chi connectivity index (χ2n) is 4.60. The lowest BCUT2D eigenvalue weighted by atomic mass is 9.81.